The van der Waals surface area contributed by atoms with Gasteiger partial charge in [0, 0.05) is 5.02 Å². The molecule has 0 saturated heterocycles. The number of carbonyl (C=O) groups is 1. The summed E-state index contributed by atoms with van der Waals surface area (Å²) in [6, 6.07) is 14.1. The maximum Gasteiger partial charge on any atom is 0.418 e. The lowest BCUT2D eigenvalue weighted by Crippen LogP contribution is -2.38. The minimum atomic E-state index is -4.80. The second-order valence-corrected chi connectivity index (χ2v) is 9.59. The molecule has 0 unspecified atom stereocenters. The van der Waals surface area contributed by atoms with Gasteiger partial charge in [-0.25, -0.2) is 8.42 Å². The van der Waals surface area contributed by atoms with Crippen LogP contribution in [0.25, 0.3) is 0 Å². The van der Waals surface area contributed by atoms with Crippen LogP contribution in [0, 0.1) is 0 Å². The average molecular weight is 533 g/mol. The van der Waals surface area contributed by atoms with Crippen molar-refractivity contribution in [2.45, 2.75) is 11.1 Å². The number of benzene rings is 3. The Hall–Kier alpha value is -2.95. The summed E-state index contributed by atoms with van der Waals surface area (Å²) in [5, 5.41) is 2.02. The SMILES string of the molecule is COc1ccc(N(CC(=O)Nc2ccc(Cl)cc2C(F)(F)F)S(=O)(=O)c2ccccc2)cc1Cl. The van der Waals surface area contributed by atoms with E-state index < -0.39 is 39.9 Å². The molecule has 0 heterocycles. The number of carbonyl (C=O) groups excluding carboxylic acids is 1. The summed E-state index contributed by atoms with van der Waals surface area (Å²) >= 11 is 11.8. The molecule has 0 radical (unpaired) electrons. The molecular weight excluding hydrogens is 516 g/mol. The van der Waals surface area contributed by atoms with Gasteiger partial charge in [-0.05, 0) is 48.5 Å². The lowest BCUT2D eigenvalue weighted by atomic mass is 10.1. The molecule has 180 valence electrons. The quantitative estimate of drug-likeness (QED) is 0.413. The van der Waals surface area contributed by atoms with Crippen molar-refractivity contribution in [3.05, 3.63) is 82.3 Å². The Morgan fingerprint density at radius 1 is 1.03 bits per heavy atom. The molecule has 0 bridgehead atoms. The second kappa shape index (κ2) is 10.1. The zero-order chi connectivity index (χ0) is 25.1. The minimum absolute atomic E-state index is 0.0111. The lowest BCUT2D eigenvalue weighted by Gasteiger charge is -2.25. The average Bonchev–Trinajstić information content (AvgIpc) is 2.78. The van der Waals surface area contributed by atoms with Crippen LogP contribution < -0.4 is 14.4 Å². The van der Waals surface area contributed by atoms with Crippen LogP contribution in [0.5, 0.6) is 5.75 Å². The minimum Gasteiger partial charge on any atom is -0.495 e. The van der Waals surface area contributed by atoms with E-state index >= 15 is 0 Å². The van der Waals surface area contributed by atoms with E-state index in [1.54, 1.807) is 6.07 Å². The molecule has 1 N–H and O–H groups in total. The first-order valence-corrected chi connectivity index (χ1v) is 11.7. The monoisotopic (exact) mass is 532 g/mol. The van der Waals surface area contributed by atoms with E-state index in [0.29, 0.717) is 6.07 Å². The Labute approximate surface area is 203 Å². The molecule has 0 spiro atoms. The van der Waals surface area contributed by atoms with Gasteiger partial charge in [0.15, 0.2) is 0 Å². The van der Waals surface area contributed by atoms with Gasteiger partial charge in [-0.1, -0.05) is 41.4 Å². The third-order valence-corrected chi connectivity index (χ3v) is 6.92. The van der Waals surface area contributed by atoms with Gasteiger partial charge in [0.2, 0.25) is 5.91 Å². The number of amides is 1. The Morgan fingerprint density at radius 2 is 1.71 bits per heavy atom. The van der Waals surface area contributed by atoms with E-state index in [0.717, 1.165) is 10.4 Å². The van der Waals surface area contributed by atoms with E-state index in [1.807, 2.05) is 0 Å². The highest BCUT2D eigenvalue weighted by Gasteiger charge is 2.35. The highest BCUT2D eigenvalue weighted by molar-refractivity contribution is 7.92. The summed E-state index contributed by atoms with van der Waals surface area (Å²) in [4.78, 5) is 12.6. The smallest absolute Gasteiger partial charge is 0.418 e. The number of hydrogen-bond acceptors (Lipinski definition) is 4. The van der Waals surface area contributed by atoms with Crippen molar-refractivity contribution in [2.75, 3.05) is 23.3 Å². The van der Waals surface area contributed by atoms with Crippen LogP contribution in [0.1, 0.15) is 5.56 Å². The molecule has 12 heteroatoms. The molecule has 1 amide bonds. The number of sulfonamides is 1. The van der Waals surface area contributed by atoms with Gasteiger partial charge in [0.05, 0.1) is 34.0 Å². The molecule has 6 nitrogen and oxygen atoms in total. The predicted octanol–water partition coefficient (Wildman–Crippen LogP) is 5.85. The molecule has 0 aliphatic carbocycles. The topological polar surface area (TPSA) is 75.7 Å². The van der Waals surface area contributed by atoms with Crippen molar-refractivity contribution in [1.82, 2.24) is 0 Å². The van der Waals surface area contributed by atoms with Gasteiger partial charge in [-0.15, -0.1) is 0 Å². The first kappa shape index (κ1) is 25.7. The first-order chi connectivity index (χ1) is 15.9. The van der Waals surface area contributed by atoms with Crippen LogP contribution in [-0.4, -0.2) is 28.0 Å². The van der Waals surface area contributed by atoms with Gasteiger partial charge in [0.25, 0.3) is 10.0 Å². The van der Waals surface area contributed by atoms with Crippen LogP contribution in [0.15, 0.2) is 71.6 Å². The van der Waals surface area contributed by atoms with Crippen molar-refractivity contribution in [3.8, 4) is 5.75 Å². The Morgan fingerprint density at radius 3 is 2.29 bits per heavy atom. The number of anilines is 2. The van der Waals surface area contributed by atoms with Crippen molar-refractivity contribution in [3.63, 3.8) is 0 Å². The maximum atomic E-state index is 13.4. The van der Waals surface area contributed by atoms with E-state index in [1.165, 1.54) is 55.6 Å². The van der Waals surface area contributed by atoms with Crippen LogP contribution in [-0.2, 0) is 21.0 Å². The van der Waals surface area contributed by atoms with E-state index in [-0.39, 0.29) is 26.4 Å². The van der Waals surface area contributed by atoms with Crippen molar-refractivity contribution < 1.29 is 31.1 Å². The number of nitrogens with one attached hydrogen (secondary N) is 1. The number of rotatable bonds is 7. The fourth-order valence-corrected chi connectivity index (χ4v) is 4.88. The molecule has 3 rings (SSSR count). The normalized spacial score (nSPS) is 11.7. The predicted molar refractivity (Wildman–Crippen MR) is 124 cm³/mol. The Kier molecular flexibility index (Phi) is 7.64. The second-order valence-electron chi connectivity index (χ2n) is 6.88. The van der Waals surface area contributed by atoms with Gasteiger partial charge in [-0.2, -0.15) is 13.2 Å². The fourth-order valence-electron chi connectivity index (χ4n) is 3.03. The molecule has 34 heavy (non-hydrogen) atoms. The Balaban J connectivity index is 2.00. The van der Waals surface area contributed by atoms with E-state index in [2.05, 4.69) is 5.32 Å². The van der Waals surface area contributed by atoms with Crippen molar-refractivity contribution >= 4 is 50.5 Å². The number of methoxy groups -OCH3 is 1. The third-order valence-electron chi connectivity index (χ3n) is 4.60. The number of halogens is 5. The molecule has 0 aliphatic rings. The van der Waals surface area contributed by atoms with Gasteiger partial charge in [0.1, 0.15) is 12.3 Å². The molecule has 3 aromatic carbocycles. The number of alkyl halides is 3. The van der Waals surface area contributed by atoms with Crippen LogP contribution in [0.4, 0.5) is 24.5 Å². The molecule has 0 aliphatic heterocycles. The lowest BCUT2D eigenvalue weighted by molar-refractivity contribution is -0.137. The molecule has 0 aromatic heterocycles. The van der Waals surface area contributed by atoms with Crippen molar-refractivity contribution in [1.29, 1.82) is 0 Å². The van der Waals surface area contributed by atoms with E-state index in [4.69, 9.17) is 27.9 Å². The number of hydrogen-bond donors (Lipinski definition) is 1. The molecule has 0 fully saturated rings. The molecule has 0 atom stereocenters. The van der Waals surface area contributed by atoms with Gasteiger partial charge >= 0.3 is 6.18 Å². The molecular formula is C22H17Cl2F3N2O4S. The first-order valence-electron chi connectivity index (χ1n) is 9.51. The summed E-state index contributed by atoms with van der Waals surface area (Å²) in [6.07, 6.45) is -4.80. The summed E-state index contributed by atoms with van der Waals surface area (Å²) in [5.74, 6) is -0.748. The largest absolute Gasteiger partial charge is 0.495 e. The van der Waals surface area contributed by atoms with E-state index in [9.17, 15) is 26.4 Å². The zero-order valence-electron chi connectivity index (χ0n) is 17.4. The summed E-state index contributed by atoms with van der Waals surface area (Å²) in [5.41, 5.74) is -1.72. The fraction of sp³-hybridized carbons (Fsp3) is 0.136. The van der Waals surface area contributed by atoms with Gasteiger partial charge in [-0.3, -0.25) is 9.10 Å². The highest BCUT2D eigenvalue weighted by atomic mass is 35.5. The summed E-state index contributed by atoms with van der Waals surface area (Å²) in [6.45, 7) is -0.834. The Bertz CT molecular complexity index is 1300. The maximum absolute atomic E-state index is 13.4. The highest BCUT2D eigenvalue weighted by Crippen LogP contribution is 2.37. The van der Waals surface area contributed by atoms with Crippen LogP contribution >= 0.6 is 23.2 Å². The number of ether oxygens (including phenoxy) is 1. The standard InChI is InChI=1S/C22H17Cl2F3N2O4S/c1-33-20-10-8-15(12-18(20)24)29(34(31,32)16-5-3-2-4-6-16)13-21(30)28-19-9-7-14(23)11-17(19)22(25,26)27/h2-12H,13H2,1H3,(H,28,30). The van der Waals surface area contributed by atoms with Gasteiger partial charge < -0.3 is 10.1 Å². The third kappa shape index (κ3) is 5.75. The number of nitrogens with zero attached hydrogens (tertiary/aromatic N) is 1. The van der Waals surface area contributed by atoms with Crippen molar-refractivity contribution in [2.24, 2.45) is 0 Å². The zero-order valence-corrected chi connectivity index (χ0v) is 19.8. The summed E-state index contributed by atoms with van der Waals surface area (Å²) in [7, 11) is -2.92. The van der Waals surface area contributed by atoms with Crippen LogP contribution in [0.2, 0.25) is 10.0 Å². The molecule has 0 saturated carbocycles. The van der Waals surface area contributed by atoms with Crippen LogP contribution in [0.3, 0.4) is 0 Å². The molecule has 3 aromatic rings. The summed E-state index contributed by atoms with van der Waals surface area (Å²) < 4.78 is 72.6.